The Morgan fingerprint density at radius 1 is 1.31 bits per heavy atom. The molecule has 0 heterocycles. The maximum Gasteiger partial charge on any atom is 0.0839 e. The highest BCUT2D eigenvalue weighted by Crippen LogP contribution is 2.18. The summed E-state index contributed by atoms with van der Waals surface area (Å²) >= 11 is 5.48. The topological polar surface area (TPSA) is 26.0 Å². The van der Waals surface area contributed by atoms with Gasteiger partial charge < -0.3 is 5.73 Å². The van der Waals surface area contributed by atoms with Gasteiger partial charge in [0.05, 0.1) is 5.88 Å². The van der Waals surface area contributed by atoms with Gasteiger partial charge in [0.1, 0.15) is 0 Å². The van der Waals surface area contributed by atoms with Crippen LogP contribution in [0.3, 0.4) is 0 Å². The molecular formula is C11H12ClN. The smallest absolute Gasteiger partial charge is 0.0839 e. The Labute approximate surface area is 83.9 Å². The van der Waals surface area contributed by atoms with E-state index in [-0.39, 0.29) is 0 Å². The number of hydrogen-bond donors (Lipinski definition) is 1. The van der Waals surface area contributed by atoms with Crippen LogP contribution in [0.4, 0.5) is 5.69 Å². The summed E-state index contributed by atoms with van der Waals surface area (Å²) in [5.74, 6) is 6.18. The minimum atomic E-state index is 0.364. The molecule has 2 heteroatoms. The predicted octanol–water partition coefficient (Wildman–Crippen LogP) is 2.48. The van der Waals surface area contributed by atoms with E-state index in [2.05, 4.69) is 11.8 Å². The van der Waals surface area contributed by atoms with Crippen LogP contribution >= 0.6 is 11.6 Å². The molecule has 2 N–H and O–H groups in total. The monoisotopic (exact) mass is 193 g/mol. The van der Waals surface area contributed by atoms with Crippen molar-refractivity contribution >= 4 is 17.3 Å². The maximum atomic E-state index is 5.74. The number of nitrogen functional groups attached to an aromatic ring is 1. The lowest BCUT2D eigenvalue weighted by Gasteiger charge is -2.05. The SMILES string of the molecule is Cc1c(N)ccc(C#CCCl)c1C. The van der Waals surface area contributed by atoms with Crippen LogP contribution in [0.2, 0.25) is 0 Å². The van der Waals surface area contributed by atoms with E-state index >= 15 is 0 Å². The van der Waals surface area contributed by atoms with E-state index in [9.17, 15) is 0 Å². The number of nitrogens with two attached hydrogens (primary N) is 1. The van der Waals surface area contributed by atoms with E-state index in [4.69, 9.17) is 17.3 Å². The molecule has 1 aromatic carbocycles. The molecule has 0 radical (unpaired) electrons. The highest BCUT2D eigenvalue weighted by atomic mass is 35.5. The van der Waals surface area contributed by atoms with Crippen LogP contribution in [-0.4, -0.2) is 5.88 Å². The lowest BCUT2D eigenvalue weighted by Crippen LogP contribution is -1.94. The van der Waals surface area contributed by atoms with Crippen molar-refractivity contribution in [2.75, 3.05) is 11.6 Å². The van der Waals surface area contributed by atoms with Crippen molar-refractivity contribution in [2.45, 2.75) is 13.8 Å². The minimum absolute atomic E-state index is 0.364. The van der Waals surface area contributed by atoms with Crippen LogP contribution < -0.4 is 5.73 Å². The second kappa shape index (κ2) is 4.20. The van der Waals surface area contributed by atoms with Gasteiger partial charge in [-0.15, -0.1) is 11.6 Å². The average molecular weight is 194 g/mol. The molecule has 1 rings (SSSR count). The van der Waals surface area contributed by atoms with Crippen molar-refractivity contribution in [2.24, 2.45) is 0 Å². The quantitative estimate of drug-likeness (QED) is 0.383. The van der Waals surface area contributed by atoms with Crippen molar-refractivity contribution in [3.8, 4) is 11.8 Å². The zero-order valence-electron chi connectivity index (χ0n) is 7.82. The van der Waals surface area contributed by atoms with Crippen LogP contribution in [0.5, 0.6) is 0 Å². The van der Waals surface area contributed by atoms with Gasteiger partial charge in [-0.2, -0.15) is 0 Å². The fourth-order valence-electron chi connectivity index (χ4n) is 1.11. The molecule has 0 spiro atoms. The first-order chi connectivity index (χ1) is 6.16. The Hall–Kier alpha value is -1.13. The van der Waals surface area contributed by atoms with Gasteiger partial charge in [0.15, 0.2) is 0 Å². The Morgan fingerprint density at radius 3 is 2.62 bits per heavy atom. The summed E-state index contributed by atoms with van der Waals surface area (Å²) in [6, 6.07) is 3.80. The van der Waals surface area contributed by atoms with Gasteiger partial charge in [-0.25, -0.2) is 0 Å². The molecule has 13 heavy (non-hydrogen) atoms. The van der Waals surface area contributed by atoms with Crippen molar-refractivity contribution < 1.29 is 0 Å². The predicted molar refractivity (Wildman–Crippen MR) is 57.9 cm³/mol. The van der Waals surface area contributed by atoms with E-state index in [1.54, 1.807) is 0 Å². The highest BCUT2D eigenvalue weighted by Gasteiger charge is 2.00. The first-order valence-electron chi connectivity index (χ1n) is 4.07. The molecular weight excluding hydrogens is 182 g/mol. The molecule has 0 fully saturated rings. The van der Waals surface area contributed by atoms with Crippen LogP contribution in [0.15, 0.2) is 12.1 Å². The van der Waals surface area contributed by atoms with Gasteiger partial charge in [0.2, 0.25) is 0 Å². The number of halogens is 1. The lowest BCUT2D eigenvalue weighted by molar-refractivity contribution is 1.32. The van der Waals surface area contributed by atoms with Gasteiger partial charge in [-0.1, -0.05) is 11.8 Å². The highest BCUT2D eigenvalue weighted by molar-refractivity contribution is 6.19. The largest absolute Gasteiger partial charge is 0.399 e. The molecule has 0 atom stereocenters. The number of hydrogen-bond acceptors (Lipinski definition) is 1. The summed E-state index contributed by atoms with van der Waals surface area (Å²) in [5, 5.41) is 0. The van der Waals surface area contributed by atoms with Gasteiger partial charge in [-0.3, -0.25) is 0 Å². The maximum absolute atomic E-state index is 5.74. The van der Waals surface area contributed by atoms with Crippen molar-refractivity contribution in [1.29, 1.82) is 0 Å². The fraction of sp³-hybridized carbons (Fsp3) is 0.273. The standard InChI is InChI=1S/C11H12ClN/c1-8-9(2)11(13)6-5-10(8)4-3-7-12/h5-6H,7,13H2,1-2H3. The molecule has 1 aromatic rings. The average Bonchev–Trinajstić information content (AvgIpc) is 2.13. The van der Waals surface area contributed by atoms with Crippen LogP contribution in [0.25, 0.3) is 0 Å². The molecule has 0 bridgehead atoms. The van der Waals surface area contributed by atoms with Crippen molar-refractivity contribution in [3.63, 3.8) is 0 Å². The first kappa shape index (κ1) is 9.95. The van der Waals surface area contributed by atoms with E-state index < -0.39 is 0 Å². The number of benzene rings is 1. The molecule has 68 valence electrons. The molecule has 0 amide bonds. The Kier molecular flexibility index (Phi) is 3.22. The molecule has 0 unspecified atom stereocenters. The van der Waals surface area contributed by atoms with Crippen LogP contribution in [0, 0.1) is 25.7 Å². The summed E-state index contributed by atoms with van der Waals surface area (Å²) < 4.78 is 0. The third kappa shape index (κ3) is 2.17. The second-order valence-corrected chi connectivity index (χ2v) is 3.16. The van der Waals surface area contributed by atoms with E-state index in [0.717, 1.165) is 22.4 Å². The molecule has 0 aliphatic heterocycles. The molecule has 1 nitrogen and oxygen atoms in total. The first-order valence-corrected chi connectivity index (χ1v) is 4.60. The summed E-state index contributed by atoms with van der Waals surface area (Å²) in [6.07, 6.45) is 0. The van der Waals surface area contributed by atoms with E-state index in [1.165, 1.54) is 0 Å². The molecule has 0 saturated carbocycles. The fourth-order valence-corrected chi connectivity index (χ4v) is 1.17. The third-order valence-electron chi connectivity index (χ3n) is 2.12. The summed E-state index contributed by atoms with van der Waals surface area (Å²) in [7, 11) is 0. The second-order valence-electron chi connectivity index (χ2n) is 2.89. The Balaban J connectivity index is 3.18. The number of alkyl halides is 1. The zero-order chi connectivity index (χ0) is 9.84. The van der Waals surface area contributed by atoms with Gasteiger partial charge in [0.25, 0.3) is 0 Å². The third-order valence-corrected chi connectivity index (χ3v) is 2.25. The lowest BCUT2D eigenvalue weighted by atomic mass is 10.0. The van der Waals surface area contributed by atoms with Gasteiger partial charge in [-0.05, 0) is 37.1 Å². The summed E-state index contributed by atoms with van der Waals surface area (Å²) in [5.41, 5.74) is 9.80. The van der Waals surface area contributed by atoms with E-state index in [1.807, 2.05) is 26.0 Å². The molecule has 0 aromatic heterocycles. The Morgan fingerprint density at radius 2 is 2.00 bits per heavy atom. The Bertz CT molecular complexity index is 372. The summed E-state index contributed by atoms with van der Waals surface area (Å²) in [4.78, 5) is 0. The number of rotatable bonds is 0. The van der Waals surface area contributed by atoms with Gasteiger partial charge >= 0.3 is 0 Å². The molecule has 0 saturated heterocycles. The number of anilines is 1. The minimum Gasteiger partial charge on any atom is -0.399 e. The normalized spacial score (nSPS) is 9.15. The van der Waals surface area contributed by atoms with Crippen molar-refractivity contribution in [1.82, 2.24) is 0 Å². The van der Waals surface area contributed by atoms with Gasteiger partial charge in [0, 0.05) is 11.3 Å². The van der Waals surface area contributed by atoms with Crippen LogP contribution in [-0.2, 0) is 0 Å². The van der Waals surface area contributed by atoms with Crippen molar-refractivity contribution in [3.05, 3.63) is 28.8 Å². The summed E-state index contributed by atoms with van der Waals surface area (Å²) in [6.45, 7) is 4.01. The molecule has 0 aliphatic carbocycles. The zero-order valence-corrected chi connectivity index (χ0v) is 8.57. The van der Waals surface area contributed by atoms with E-state index in [0.29, 0.717) is 5.88 Å². The van der Waals surface area contributed by atoms with Crippen LogP contribution in [0.1, 0.15) is 16.7 Å². The molecule has 0 aliphatic rings.